The van der Waals surface area contributed by atoms with E-state index in [1.807, 2.05) is 31.2 Å². The molecule has 0 spiro atoms. The van der Waals surface area contributed by atoms with Gasteiger partial charge in [0.15, 0.2) is 0 Å². The second-order valence-electron chi connectivity index (χ2n) is 6.20. The summed E-state index contributed by atoms with van der Waals surface area (Å²) in [6.45, 7) is 3.58. The molecule has 2 aromatic carbocycles. The fourth-order valence-electron chi connectivity index (χ4n) is 2.72. The molecule has 27 heavy (non-hydrogen) atoms. The number of benzene rings is 2. The van der Waals surface area contributed by atoms with Crippen molar-refractivity contribution < 1.29 is 22.7 Å². The van der Waals surface area contributed by atoms with Crippen molar-refractivity contribution in [3.05, 3.63) is 65.2 Å². The molecule has 2 atom stereocenters. The second kappa shape index (κ2) is 8.79. The van der Waals surface area contributed by atoms with E-state index in [1.54, 1.807) is 20.1 Å². The third-order valence-corrected chi connectivity index (χ3v) is 4.29. The van der Waals surface area contributed by atoms with Crippen LogP contribution < -0.4 is 15.4 Å². The fraction of sp³-hybridized carbons (Fsp3) is 0.350. The average molecular weight is 380 g/mol. The van der Waals surface area contributed by atoms with Gasteiger partial charge in [0, 0.05) is 0 Å². The van der Waals surface area contributed by atoms with Crippen molar-refractivity contribution in [2.24, 2.45) is 0 Å². The number of carbonyl (C=O) groups excluding carboxylic acids is 1. The van der Waals surface area contributed by atoms with Crippen LogP contribution in [0.3, 0.4) is 0 Å². The Labute approximate surface area is 156 Å². The largest absolute Gasteiger partial charge is 0.497 e. The minimum atomic E-state index is -4.42. The van der Waals surface area contributed by atoms with Gasteiger partial charge in [0.05, 0.1) is 24.8 Å². The highest BCUT2D eigenvalue weighted by atomic mass is 19.4. The van der Waals surface area contributed by atoms with Gasteiger partial charge >= 0.3 is 12.2 Å². The quantitative estimate of drug-likeness (QED) is 0.721. The highest BCUT2D eigenvalue weighted by molar-refractivity contribution is 5.75. The minimum absolute atomic E-state index is 0.218. The van der Waals surface area contributed by atoms with Crippen LogP contribution in [0.2, 0.25) is 0 Å². The molecule has 2 amide bonds. The van der Waals surface area contributed by atoms with Crippen LogP contribution in [0.15, 0.2) is 48.5 Å². The Morgan fingerprint density at radius 1 is 1.07 bits per heavy atom. The lowest BCUT2D eigenvalue weighted by molar-refractivity contribution is -0.137. The number of alkyl halides is 3. The number of hydrogen-bond donors (Lipinski definition) is 2. The minimum Gasteiger partial charge on any atom is -0.497 e. The Morgan fingerprint density at radius 2 is 1.74 bits per heavy atom. The molecular weight excluding hydrogens is 357 g/mol. The van der Waals surface area contributed by atoms with Gasteiger partial charge < -0.3 is 15.4 Å². The molecular formula is C20H23F3N2O2. The van der Waals surface area contributed by atoms with Gasteiger partial charge in [-0.05, 0) is 48.7 Å². The Kier molecular flexibility index (Phi) is 6.71. The molecule has 0 saturated heterocycles. The predicted octanol–water partition coefficient (Wildman–Crippen LogP) is 5.23. The Hall–Kier alpha value is -2.70. The molecule has 2 N–H and O–H groups in total. The number of ether oxygens (including phenoxy) is 1. The van der Waals surface area contributed by atoms with Crippen molar-refractivity contribution in [2.45, 2.75) is 38.5 Å². The lowest BCUT2D eigenvalue weighted by atomic mass is 10.0. The number of amides is 2. The summed E-state index contributed by atoms with van der Waals surface area (Å²) in [6.07, 6.45) is -3.75. The zero-order valence-electron chi connectivity index (χ0n) is 15.4. The molecule has 146 valence electrons. The summed E-state index contributed by atoms with van der Waals surface area (Å²) in [5.41, 5.74) is 0.566. The molecule has 0 aromatic heterocycles. The van der Waals surface area contributed by atoms with Gasteiger partial charge in [0.25, 0.3) is 0 Å². The molecule has 7 heteroatoms. The summed E-state index contributed by atoms with van der Waals surface area (Å²) in [5.74, 6) is 0.719. The lowest BCUT2D eigenvalue weighted by Crippen LogP contribution is -2.39. The third-order valence-electron chi connectivity index (χ3n) is 4.29. The van der Waals surface area contributed by atoms with Gasteiger partial charge in [-0.2, -0.15) is 13.2 Å². The van der Waals surface area contributed by atoms with E-state index in [2.05, 4.69) is 10.6 Å². The van der Waals surface area contributed by atoms with Crippen LogP contribution in [0, 0.1) is 0 Å². The number of rotatable bonds is 6. The molecule has 0 radical (unpaired) electrons. The lowest BCUT2D eigenvalue weighted by Gasteiger charge is -2.21. The van der Waals surface area contributed by atoms with E-state index < -0.39 is 23.8 Å². The number of halogens is 3. The fourth-order valence-corrected chi connectivity index (χ4v) is 2.72. The first kappa shape index (κ1) is 20.6. The van der Waals surface area contributed by atoms with Gasteiger partial charge in [-0.1, -0.05) is 31.2 Å². The second-order valence-corrected chi connectivity index (χ2v) is 6.20. The molecule has 2 rings (SSSR count). The maximum atomic E-state index is 12.8. The average Bonchev–Trinajstić information content (AvgIpc) is 2.65. The number of carbonyl (C=O) groups is 1. The zero-order valence-corrected chi connectivity index (χ0v) is 15.4. The molecule has 0 aliphatic heterocycles. The van der Waals surface area contributed by atoms with Crippen molar-refractivity contribution in [3.63, 3.8) is 0 Å². The first-order valence-electron chi connectivity index (χ1n) is 8.62. The van der Waals surface area contributed by atoms with Crippen LogP contribution in [0.25, 0.3) is 0 Å². The monoisotopic (exact) mass is 380 g/mol. The van der Waals surface area contributed by atoms with E-state index in [9.17, 15) is 18.0 Å². The van der Waals surface area contributed by atoms with E-state index in [0.29, 0.717) is 12.0 Å². The summed E-state index contributed by atoms with van der Waals surface area (Å²) >= 11 is 0. The normalized spacial score (nSPS) is 13.6. The number of hydrogen-bond acceptors (Lipinski definition) is 2. The number of urea groups is 1. The van der Waals surface area contributed by atoms with Gasteiger partial charge in [-0.3, -0.25) is 0 Å². The maximum absolute atomic E-state index is 12.8. The van der Waals surface area contributed by atoms with Crippen LogP contribution >= 0.6 is 0 Å². The SMILES string of the molecule is CCC(NC(=O)NC(C)c1cccc(C(F)(F)F)c1)c1ccc(OC)cc1. The van der Waals surface area contributed by atoms with Crippen molar-refractivity contribution in [2.75, 3.05) is 7.11 Å². The van der Waals surface area contributed by atoms with Crippen molar-refractivity contribution in [1.82, 2.24) is 10.6 Å². The standard InChI is InChI=1S/C20H23F3N2O2/c1-4-18(14-8-10-17(27-3)11-9-14)25-19(26)24-13(2)15-6-5-7-16(12-15)20(21,22)23/h5-13,18H,4H2,1-3H3,(H2,24,25,26). The summed E-state index contributed by atoms with van der Waals surface area (Å²) in [6, 6.07) is 11.1. The Balaban J connectivity index is 2.02. The zero-order chi connectivity index (χ0) is 20.0. The molecule has 0 aliphatic carbocycles. The third kappa shape index (κ3) is 5.64. The van der Waals surface area contributed by atoms with Gasteiger partial charge in [-0.15, -0.1) is 0 Å². The highest BCUT2D eigenvalue weighted by Crippen LogP contribution is 2.30. The van der Waals surface area contributed by atoms with E-state index in [0.717, 1.165) is 23.4 Å². The van der Waals surface area contributed by atoms with Crippen molar-refractivity contribution >= 4 is 6.03 Å². The van der Waals surface area contributed by atoms with Crippen LogP contribution in [-0.2, 0) is 6.18 Å². The number of nitrogens with one attached hydrogen (secondary N) is 2. The molecule has 0 bridgehead atoms. The topological polar surface area (TPSA) is 50.4 Å². The van der Waals surface area contributed by atoms with Crippen LogP contribution in [-0.4, -0.2) is 13.1 Å². The molecule has 2 unspecified atom stereocenters. The van der Waals surface area contributed by atoms with E-state index in [1.165, 1.54) is 6.07 Å². The predicted molar refractivity (Wildman–Crippen MR) is 97.6 cm³/mol. The van der Waals surface area contributed by atoms with Gasteiger partial charge in [0.2, 0.25) is 0 Å². The first-order chi connectivity index (χ1) is 12.7. The van der Waals surface area contributed by atoms with Crippen LogP contribution in [0.5, 0.6) is 5.75 Å². The Morgan fingerprint density at radius 3 is 2.30 bits per heavy atom. The molecule has 0 heterocycles. The summed E-state index contributed by atoms with van der Waals surface area (Å²) < 4.78 is 43.7. The molecule has 0 aliphatic rings. The summed E-state index contributed by atoms with van der Waals surface area (Å²) in [5, 5.41) is 5.54. The van der Waals surface area contributed by atoms with Crippen LogP contribution in [0.4, 0.5) is 18.0 Å². The van der Waals surface area contributed by atoms with E-state index in [4.69, 9.17) is 4.74 Å². The van der Waals surface area contributed by atoms with Gasteiger partial charge in [-0.25, -0.2) is 4.79 Å². The van der Waals surface area contributed by atoms with E-state index >= 15 is 0 Å². The molecule has 0 fully saturated rings. The highest BCUT2D eigenvalue weighted by Gasteiger charge is 2.30. The smallest absolute Gasteiger partial charge is 0.416 e. The summed E-state index contributed by atoms with van der Waals surface area (Å²) in [4.78, 5) is 12.3. The van der Waals surface area contributed by atoms with Crippen molar-refractivity contribution in [3.8, 4) is 5.75 Å². The first-order valence-corrected chi connectivity index (χ1v) is 8.62. The van der Waals surface area contributed by atoms with Gasteiger partial charge in [0.1, 0.15) is 5.75 Å². The maximum Gasteiger partial charge on any atom is 0.416 e. The molecule has 0 saturated carbocycles. The van der Waals surface area contributed by atoms with Crippen molar-refractivity contribution in [1.29, 1.82) is 0 Å². The number of methoxy groups -OCH3 is 1. The summed E-state index contributed by atoms with van der Waals surface area (Å²) in [7, 11) is 1.58. The molecule has 4 nitrogen and oxygen atoms in total. The van der Waals surface area contributed by atoms with Crippen LogP contribution in [0.1, 0.15) is 49.0 Å². The van der Waals surface area contributed by atoms with E-state index in [-0.39, 0.29) is 6.04 Å². The molecule has 2 aromatic rings. The Bertz CT molecular complexity index is 761.